The zero-order valence-electron chi connectivity index (χ0n) is 16.9. The van der Waals surface area contributed by atoms with E-state index < -0.39 is 14.8 Å². The fraction of sp³-hybridized carbons (Fsp3) is 0.571. The van der Waals surface area contributed by atoms with E-state index in [4.69, 9.17) is 0 Å². The molecule has 1 amide bonds. The summed E-state index contributed by atoms with van der Waals surface area (Å²) in [6.45, 7) is 6.93. The number of hydrogen-bond donors (Lipinski definition) is 2. The van der Waals surface area contributed by atoms with Crippen molar-refractivity contribution in [3.05, 3.63) is 36.4 Å². The predicted octanol–water partition coefficient (Wildman–Crippen LogP) is 3.28. The molecule has 0 saturated heterocycles. The maximum absolute atomic E-state index is 12.6. The molecule has 2 aliphatic rings. The first-order valence-electron chi connectivity index (χ1n) is 9.98. The van der Waals surface area contributed by atoms with E-state index in [9.17, 15) is 13.2 Å². The highest BCUT2D eigenvalue weighted by molar-refractivity contribution is 7.90. The average Bonchev–Trinajstić information content (AvgIpc) is 3.16. The molecule has 6 nitrogen and oxygen atoms in total. The summed E-state index contributed by atoms with van der Waals surface area (Å²) in [6, 6.07) is 7.85. The molecule has 1 aliphatic carbocycles. The molecule has 0 atom stereocenters. The quantitative estimate of drug-likeness (QED) is 0.737. The number of anilines is 2. The van der Waals surface area contributed by atoms with E-state index in [0.29, 0.717) is 25.7 Å². The fourth-order valence-corrected chi connectivity index (χ4v) is 4.59. The highest BCUT2D eigenvalue weighted by atomic mass is 32.2. The molecular weight excluding hydrogens is 374 g/mol. The second kappa shape index (κ2) is 8.25. The third-order valence-corrected chi connectivity index (χ3v) is 7.80. The molecule has 1 aliphatic heterocycles. The molecule has 0 spiro atoms. The monoisotopic (exact) mass is 405 g/mol. The average molecular weight is 406 g/mol. The van der Waals surface area contributed by atoms with Crippen LogP contribution in [0, 0.1) is 5.92 Å². The van der Waals surface area contributed by atoms with Crippen LogP contribution in [0.15, 0.2) is 36.4 Å². The molecule has 1 heterocycles. The zero-order valence-corrected chi connectivity index (χ0v) is 17.8. The minimum atomic E-state index is -3.35. The number of hydrogen-bond acceptors (Lipinski definition) is 4. The SMILES string of the molecule is CC(C)(C)S(=O)(=O)N[C@H]1CC[C@H](C(=O)Nc2ccc(N3CC=CC3)cc2)CC1. The molecule has 2 N–H and O–H groups in total. The van der Waals surface area contributed by atoms with Crippen LogP contribution in [0.3, 0.4) is 0 Å². The van der Waals surface area contributed by atoms with Crippen molar-refractivity contribution in [2.24, 2.45) is 5.92 Å². The van der Waals surface area contributed by atoms with Gasteiger partial charge in [-0.2, -0.15) is 0 Å². The third-order valence-electron chi connectivity index (χ3n) is 5.54. The van der Waals surface area contributed by atoms with Crippen molar-refractivity contribution >= 4 is 27.3 Å². The van der Waals surface area contributed by atoms with Crippen LogP contribution in [-0.2, 0) is 14.8 Å². The molecule has 1 fully saturated rings. The maximum Gasteiger partial charge on any atom is 0.227 e. The van der Waals surface area contributed by atoms with Gasteiger partial charge in [-0.3, -0.25) is 4.79 Å². The minimum Gasteiger partial charge on any atom is -0.364 e. The van der Waals surface area contributed by atoms with Crippen LogP contribution in [-0.4, -0.2) is 38.2 Å². The van der Waals surface area contributed by atoms with Crippen molar-refractivity contribution in [2.45, 2.75) is 57.2 Å². The van der Waals surface area contributed by atoms with Gasteiger partial charge in [-0.05, 0) is 70.7 Å². The van der Waals surface area contributed by atoms with E-state index in [1.807, 2.05) is 24.3 Å². The summed E-state index contributed by atoms with van der Waals surface area (Å²) in [5.74, 6) is -0.0504. The lowest BCUT2D eigenvalue weighted by Gasteiger charge is -2.30. The molecule has 7 heteroatoms. The van der Waals surface area contributed by atoms with E-state index in [0.717, 1.165) is 24.5 Å². The normalized spacial score (nSPS) is 23.0. The first kappa shape index (κ1) is 20.9. The molecule has 154 valence electrons. The van der Waals surface area contributed by atoms with Crippen molar-refractivity contribution in [1.82, 2.24) is 4.72 Å². The lowest BCUT2D eigenvalue weighted by Crippen LogP contribution is -2.46. The summed E-state index contributed by atoms with van der Waals surface area (Å²) in [5.41, 5.74) is 1.95. The summed E-state index contributed by atoms with van der Waals surface area (Å²) in [4.78, 5) is 14.8. The number of carbonyl (C=O) groups excluding carboxylic acids is 1. The number of benzene rings is 1. The van der Waals surface area contributed by atoms with Crippen molar-refractivity contribution in [3.63, 3.8) is 0 Å². The van der Waals surface area contributed by atoms with Crippen molar-refractivity contribution in [2.75, 3.05) is 23.3 Å². The van der Waals surface area contributed by atoms with Crippen LogP contribution < -0.4 is 14.9 Å². The standard InChI is InChI=1S/C21H31N3O3S/c1-21(2,3)28(26,27)23-18-8-6-16(7-9-18)20(25)22-17-10-12-19(13-11-17)24-14-4-5-15-24/h4-5,10-13,16,18,23H,6-9,14-15H2,1-3H3,(H,22,25)/t16-,18-. The summed E-state index contributed by atoms with van der Waals surface area (Å²) in [7, 11) is -3.35. The van der Waals surface area contributed by atoms with Crippen LogP contribution >= 0.6 is 0 Å². The van der Waals surface area contributed by atoms with Gasteiger partial charge in [-0.25, -0.2) is 13.1 Å². The first-order chi connectivity index (χ1) is 13.2. The Morgan fingerprint density at radius 1 is 1.00 bits per heavy atom. The van der Waals surface area contributed by atoms with E-state index >= 15 is 0 Å². The van der Waals surface area contributed by atoms with Gasteiger partial charge in [0.25, 0.3) is 0 Å². The third kappa shape index (κ3) is 4.94. The van der Waals surface area contributed by atoms with Crippen molar-refractivity contribution in [3.8, 4) is 0 Å². The predicted molar refractivity (Wildman–Crippen MR) is 114 cm³/mol. The van der Waals surface area contributed by atoms with E-state index in [1.165, 1.54) is 0 Å². The summed E-state index contributed by atoms with van der Waals surface area (Å²) >= 11 is 0. The van der Waals surface area contributed by atoms with Gasteiger partial charge in [0.1, 0.15) is 0 Å². The fourth-order valence-electron chi connectivity index (χ4n) is 3.56. The molecule has 28 heavy (non-hydrogen) atoms. The Labute approximate surface area is 168 Å². The van der Waals surface area contributed by atoms with Gasteiger partial charge < -0.3 is 10.2 Å². The lowest BCUT2D eigenvalue weighted by atomic mass is 9.86. The Morgan fingerprint density at radius 3 is 2.11 bits per heavy atom. The number of amides is 1. The molecule has 0 unspecified atom stereocenters. The summed E-state index contributed by atoms with van der Waals surface area (Å²) in [6.07, 6.45) is 7.06. The van der Waals surface area contributed by atoms with E-state index in [-0.39, 0.29) is 17.9 Å². The van der Waals surface area contributed by atoms with Gasteiger partial charge in [0.15, 0.2) is 0 Å². The molecule has 3 rings (SSSR count). The Kier molecular flexibility index (Phi) is 6.15. The van der Waals surface area contributed by atoms with Crippen molar-refractivity contribution < 1.29 is 13.2 Å². The Hall–Kier alpha value is -1.86. The van der Waals surface area contributed by atoms with Gasteiger partial charge in [-0.15, -0.1) is 0 Å². The van der Waals surface area contributed by atoms with E-state index in [2.05, 4.69) is 27.1 Å². The number of nitrogens with one attached hydrogen (secondary N) is 2. The Morgan fingerprint density at radius 2 is 1.57 bits per heavy atom. The van der Waals surface area contributed by atoms with Crippen LogP contribution in [0.4, 0.5) is 11.4 Å². The number of carbonyl (C=O) groups is 1. The number of nitrogens with zero attached hydrogens (tertiary/aromatic N) is 1. The largest absolute Gasteiger partial charge is 0.364 e. The zero-order chi connectivity index (χ0) is 20.4. The van der Waals surface area contributed by atoms with Gasteiger partial charge in [0.2, 0.25) is 15.9 Å². The first-order valence-corrected chi connectivity index (χ1v) is 11.5. The minimum absolute atomic E-state index is 0.0210. The molecule has 1 aromatic rings. The molecule has 0 aromatic heterocycles. The Balaban J connectivity index is 1.49. The highest BCUT2D eigenvalue weighted by Crippen LogP contribution is 2.28. The molecular formula is C21H31N3O3S. The molecule has 0 bridgehead atoms. The molecule has 1 aromatic carbocycles. The highest BCUT2D eigenvalue weighted by Gasteiger charge is 2.34. The van der Waals surface area contributed by atoms with Gasteiger partial charge >= 0.3 is 0 Å². The van der Waals surface area contributed by atoms with Gasteiger partial charge in [0, 0.05) is 36.4 Å². The molecule has 0 radical (unpaired) electrons. The summed E-state index contributed by atoms with van der Waals surface area (Å²) in [5, 5.41) is 3.01. The molecule has 1 saturated carbocycles. The van der Waals surface area contributed by atoms with Gasteiger partial charge in [-0.1, -0.05) is 12.2 Å². The second-order valence-electron chi connectivity index (χ2n) is 8.69. The van der Waals surface area contributed by atoms with Crippen LogP contribution in [0.1, 0.15) is 46.5 Å². The Bertz CT molecular complexity index is 809. The maximum atomic E-state index is 12.6. The van der Waals surface area contributed by atoms with Gasteiger partial charge in [0.05, 0.1) is 4.75 Å². The van der Waals surface area contributed by atoms with Crippen LogP contribution in [0.2, 0.25) is 0 Å². The lowest BCUT2D eigenvalue weighted by molar-refractivity contribution is -0.120. The number of rotatable bonds is 5. The smallest absolute Gasteiger partial charge is 0.227 e. The van der Waals surface area contributed by atoms with Crippen LogP contribution in [0.5, 0.6) is 0 Å². The topological polar surface area (TPSA) is 78.5 Å². The van der Waals surface area contributed by atoms with Crippen molar-refractivity contribution in [1.29, 1.82) is 0 Å². The number of sulfonamides is 1. The van der Waals surface area contributed by atoms with Crippen LogP contribution in [0.25, 0.3) is 0 Å². The summed E-state index contributed by atoms with van der Waals surface area (Å²) < 4.78 is 26.6. The second-order valence-corrected chi connectivity index (χ2v) is 11.2. The van der Waals surface area contributed by atoms with E-state index in [1.54, 1.807) is 20.8 Å².